The minimum absolute atomic E-state index is 0.104. The molecule has 0 aliphatic rings. The van der Waals surface area contributed by atoms with Gasteiger partial charge in [-0.15, -0.1) is 0 Å². The number of methoxy groups -OCH3 is 3. The van der Waals surface area contributed by atoms with E-state index in [9.17, 15) is 9.90 Å². The fourth-order valence-corrected chi connectivity index (χ4v) is 2.51. The molecule has 0 atom stereocenters. The summed E-state index contributed by atoms with van der Waals surface area (Å²) in [6.07, 6.45) is 1.31. The summed E-state index contributed by atoms with van der Waals surface area (Å²) in [5, 5.41) is 10.6. The Morgan fingerprint density at radius 1 is 0.917 bits per heavy atom. The minimum atomic E-state index is -0.263. The molecule has 0 amide bonds. The molecule has 0 unspecified atom stereocenters. The van der Waals surface area contributed by atoms with Crippen LogP contribution in [0.4, 0.5) is 0 Å². The van der Waals surface area contributed by atoms with Gasteiger partial charge in [0, 0.05) is 17.7 Å². The van der Waals surface area contributed by atoms with Crippen molar-refractivity contribution in [2.24, 2.45) is 0 Å². The van der Waals surface area contributed by atoms with Crippen LogP contribution in [-0.2, 0) is 0 Å². The van der Waals surface area contributed by atoms with E-state index in [1.54, 1.807) is 18.2 Å². The Morgan fingerprint density at radius 3 is 2.29 bits per heavy atom. The van der Waals surface area contributed by atoms with Crippen LogP contribution in [-0.4, -0.2) is 26.4 Å². The maximum absolute atomic E-state index is 12.8. The van der Waals surface area contributed by atoms with E-state index in [1.165, 1.54) is 39.7 Å². The molecule has 0 bridgehead atoms. The smallest absolute Gasteiger partial charge is 0.200 e. The zero-order chi connectivity index (χ0) is 17.3. The molecule has 0 aliphatic heterocycles. The average molecular weight is 328 g/mol. The molecule has 0 aliphatic carbocycles. The fourth-order valence-electron chi connectivity index (χ4n) is 2.51. The topological polar surface area (TPSA) is 78.1 Å². The van der Waals surface area contributed by atoms with E-state index in [1.807, 2.05) is 0 Å². The summed E-state index contributed by atoms with van der Waals surface area (Å²) < 4.78 is 21.0. The lowest BCUT2D eigenvalue weighted by Crippen LogP contribution is -2.05. The van der Waals surface area contributed by atoms with Gasteiger partial charge in [0.15, 0.2) is 11.5 Å². The van der Waals surface area contributed by atoms with E-state index in [2.05, 4.69) is 0 Å². The highest BCUT2D eigenvalue weighted by Gasteiger charge is 2.17. The Morgan fingerprint density at radius 2 is 1.62 bits per heavy atom. The van der Waals surface area contributed by atoms with Gasteiger partial charge >= 0.3 is 0 Å². The molecule has 6 nitrogen and oxygen atoms in total. The van der Waals surface area contributed by atoms with Crippen LogP contribution in [0.2, 0.25) is 0 Å². The molecule has 24 heavy (non-hydrogen) atoms. The molecule has 1 aromatic heterocycles. The van der Waals surface area contributed by atoms with Gasteiger partial charge in [0.1, 0.15) is 23.3 Å². The number of phenolic OH excluding ortho intramolecular Hbond substituents is 1. The quantitative estimate of drug-likeness (QED) is 0.792. The molecule has 0 fully saturated rings. The summed E-state index contributed by atoms with van der Waals surface area (Å²) >= 11 is 0. The van der Waals surface area contributed by atoms with Crippen molar-refractivity contribution in [1.29, 1.82) is 0 Å². The van der Waals surface area contributed by atoms with Crippen molar-refractivity contribution < 1.29 is 23.7 Å². The number of rotatable bonds is 4. The van der Waals surface area contributed by atoms with Crippen molar-refractivity contribution >= 4 is 11.0 Å². The van der Waals surface area contributed by atoms with Gasteiger partial charge in [-0.25, -0.2) is 0 Å². The van der Waals surface area contributed by atoms with Crippen LogP contribution in [0.15, 0.2) is 45.8 Å². The lowest BCUT2D eigenvalue weighted by Gasteiger charge is -2.11. The van der Waals surface area contributed by atoms with Gasteiger partial charge in [0.2, 0.25) is 5.43 Å². The highest BCUT2D eigenvalue weighted by atomic mass is 16.5. The molecule has 3 aromatic rings. The van der Waals surface area contributed by atoms with Gasteiger partial charge in [0.05, 0.1) is 32.3 Å². The molecule has 1 heterocycles. The van der Waals surface area contributed by atoms with E-state index in [0.29, 0.717) is 33.8 Å². The number of aromatic hydroxyl groups is 1. The lowest BCUT2D eigenvalue weighted by molar-refractivity contribution is 0.352. The predicted octanol–water partition coefficient (Wildman–Crippen LogP) is 3.19. The number of fused-ring (bicyclic) bond motifs is 1. The SMILES string of the molecule is COc1ccc2c(=O)c(-c3cc(OC)c(OC)cc3O)coc2c1. The second-order valence-electron chi connectivity index (χ2n) is 5.06. The Bertz CT molecular complexity index is 958. The van der Waals surface area contributed by atoms with E-state index in [4.69, 9.17) is 18.6 Å². The van der Waals surface area contributed by atoms with E-state index in [-0.39, 0.29) is 16.7 Å². The van der Waals surface area contributed by atoms with Crippen molar-refractivity contribution in [3.05, 3.63) is 46.8 Å². The van der Waals surface area contributed by atoms with Crippen LogP contribution in [0, 0.1) is 0 Å². The largest absolute Gasteiger partial charge is 0.507 e. The lowest BCUT2D eigenvalue weighted by atomic mass is 10.0. The van der Waals surface area contributed by atoms with Crippen molar-refractivity contribution in [1.82, 2.24) is 0 Å². The van der Waals surface area contributed by atoms with Crippen molar-refractivity contribution in [3.8, 4) is 34.1 Å². The second-order valence-corrected chi connectivity index (χ2v) is 5.06. The van der Waals surface area contributed by atoms with Crippen LogP contribution in [0.5, 0.6) is 23.0 Å². The number of hydrogen-bond acceptors (Lipinski definition) is 6. The first-order chi connectivity index (χ1) is 11.6. The third-order valence-electron chi connectivity index (χ3n) is 3.77. The minimum Gasteiger partial charge on any atom is -0.507 e. The summed E-state index contributed by atoms with van der Waals surface area (Å²) in [6, 6.07) is 7.87. The fraction of sp³-hybridized carbons (Fsp3) is 0.167. The second kappa shape index (κ2) is 6.16. The summed E-state index contributed by atoms with van der Waals surface area (Å²) in [7, 11) is 4.48. The summed E-state index contributed by atoms with van der Waals surface area (Å²) in [5.41, 5.74) is 0.676. The molecule has 0 saturated heterocycles. The van der Waals surface area contributed by atoms with Gasteiger partial charge in [0.25, 0.3) is 0 Å². The first-order valence-electron chi connectivity index (χ1n) is 7.14. The van der Waals surface area contributed by atoms with Gasteiger partial charge in [-0.05, 0) is 18.2 Å². The summed E-state index contributed by atoms with van der Waals surface area (Å²) in [5.74, 6) is 1.26. The number of hydrogen-bond donors (Lipinski definition) is 1. The van der Waals surface area contributed by atoms with Crippen LogP contribution < -0.4 is 19.6 Å². The van der Waals surface area contributed by atoms with Crippen molar-refractivity contribution in [3.63, 3.8) is 0 Å². The van der Waals surface area contributed by atoms with Crippen LogP contribution in [0.25, 0.3) is 22.1 Å². The van der Waals surface area contributed by atoms with Crippen LogP contribution in [0.1, 0.15) is 0 Å². The zero-order valence-electron chi connectivity index (χ0n) is 13.5. The third-order valence-corrected chi connectivity index (χ3v) is 3.77. The van der Waals surface area contributed by atoms with Gasteiger partial charge in [-0.1, -0.05) is 0 Å². The molecular weight excluding hydrogens is 312 g/mol. The summed E-state index contributed by atoms with van der Waals surface area (Å²) in [4.78, 5) is 12.8. The van der Waals surface area contributed by atoms with Crippen LogP contribution in [0.3, 0.4) is 0 Å². The number of benzene rings is 2. The normalized spacial score (nSPS) is 10.6. The number of phenols is 1. The first kappa shape index (κ1) is 15.7. The number of ether oxygens (including phenoxy) is 3. The molecule has 2 aromatic carbocycles. The van der Waals surface area contributed by atoms with E-state index < -0.39 is 0 Å². The van der Waals surface area contributed by atoms with E-state index in [0.717, 1.165) is 0 Å². The Hall–Kier alpha value is -3.15. The molecular formula is C18H16O6. The Balaban J connectivity index is 2.23. The average Bonchev–Trinajstić information content (AvgIpc) is 2.61. The third kappa shape index (κ3) is 2.52. The maximum atomic E-state index is 12.8. The van der Waals surface area contributed by atoms with Gasteiger partial charge < -0.3 is 23.7 Å². The molecule has 6 heteroatoms. The molecule has 3 rings (SSSR count). The highest BCUT2D eigenvalue weighted by molar-refractivity contribution is 5.84. The predicted molar refractivity (Wildman–Crippen MR) is 89.2 cm³/mol. The van der Waals surface area contributed by atoms with E-state index >= 15 is 0 Å². The Labute approximate surface area is 137 Å². The Kier molecular flexibility index (Phi) is 4.04. The molecule has 124 valence electrons. The van der Waals surface area contributed by atoms with Crippen molar-refractivity contribution in [2.75, 3.05) is 21.3 Å². The molecule has 0 radical (unpaired) electrons. The maximum Gasteiger partial charge on any atom is 0.200 e. The molecule has 0 spiro atoms. The van der Waals surface area contributed by atoms with Gasteiger partial charge in [-0.3, -0.25) is 4.79 Å². The highest BCUT2D eigenvalue weighted by Crippen LogP contribution is 2.38. The summed E-state index contributed by atoms with van der Waals surface area (Å²) in [6.45, 7) is 0. The van der Waals surface area contributed by atoms with Gasteiger partial charge in [-0.2, -0.15) is 0 Å². The standard InChI is InChI=1S/C18H16O6/c1-21-10-4-5-11-15(6-10)24-9-13(18(11)20)12-7-16(22-2)17(23-3)8-14(12)19/h4-9,19H,1-3H3. The van der Waals surface area contributed by atoms with Crippen molar-refractivity contribution in [2.45, 2.75) is 0 Å². The zero-order valence-corrected chi connectivity index (χ0v) is 13.5. The monoisotopic (exact) mass is 328 g/mol. The molecule has 1 N–H and O–H groups in total. The first-order valence-corrected chi connectivity index (χ1v) is 7.14. The van der Waals surface area contributed by atoms with Crippen LogP contribution >= 0.6 is 0 Å². The molecule has 0 saturated carbocycles.